The van der Waals surface area contributed by atoms with Crippen molar-refractivity contribution >= 4 is 21.1 Å². The molecular weight excluding hydrogens is 292 g/mol. The Morgan fingerprint density at radius 3 is 2.48 bits per heavy atom. The third-order valence-electron chi connectivity index (χ3n) is 3.45. The monoisotopic (exact) mass is 312 g/mol. The highest BCUT2D eigenvalue weighted by molar-refractivity contribution is 7.89. The Bertz CT molecular complexity index is 818. The van der Waals surface area contributed by atoms with E-state index in [4.69, 9.17) is 5.73 Å². The number of nitrogens with zero attached hydrogens (tertiary/aromatic N) is 2. The van der Waals surface area contributed by atoms with Crippen LogP contribution in [0.5, 0.6) is 0 Å². The Morgan fingerprint density at radius 1 is 1.24 bits per heavy atom. The number of sulfonamides is 1. The quantitative estimate of drug-likeness (QED) is 0.805. The van der Waals surface area contributed by atoms with Gasteiger partial charge in [-0.2, -0.15) is 0 Å². The van der Waals surface area contributed by atoms with Gasteiger partial charge in [0.05, 0.1) is 15.9 Å². The first-order valence-corrected chi connectivity index (χ1v) is 8.13. The smallest absolute Gasteiger partial charge is 0.328 e. The minimum atomic E-state index is -3.60. The van der Waals surface area contributed by atoms with E-state index in [1.165, 1.54) is 21.3 Å². The van der Waals surface area contributed by atoms with E-state index in [2.05, 4.69) is 4.72 Å². The summed E-state index contributed by atoms with van der Waals surface area (Å²) >= 11 is 0. The number of rotatable bonds is 5. The molecule has 0 saturated carbocycles. The Hall–Kier alpha value is -1.64. The van der Waals surface area contributed by atoms with Crippen molar-refractivity contribution in [3.05, 3.63) is 28.7 Å². The van der Waals surface area contributed by atoms with Crippen molar-refractivity contribution in [1.82, 2.24) is 13.9 Å². The highest BCUT2D eigenvalue weighted by atomic mass is 32.2. The van der Waals surface area contributed by atoms with Crippen LogP contribution in [0.2, 0.25) is 0 Å². The summed E-state index contributed by atoms with van der Waals surface area (Å²) in [4.78, 5) is 12.0. The largest absolute Gasteiger partial charge is 0.328 e. The predicted molar refractivity (Wildman–Crippen MR) is 81.6 cm³/mol. The molecule has 116 valence electrons. The van der Waals surface area contributed by atoms with Crippen LogP contribution in [0.4, 0.5) is 0 Å². The first-order valence-electron chi connectivity index (χ1n) is 6.65. The summed E-state index contributed by atoms with van der Waals surface area (Å²) < 4.78 is 29.8. The Kier molecular flexibility index (Phi) is 4.22. The molecule has 0 aliphatic heterocycles. The molecular formula is C13H20N4O3S. The van der Waals surface area contributed by atoms with Gasteiger partial charge in [0.2, 0.25) is 10.0 Å². The number of aromatic nitrogens is 2. The Morgan fingerprint density at radius 2 is 1.86 bits per heavy atom. The minimum absolute atomic E-state index is 0.0647. The van der Waals surface area contributed by atoms with Crippen LogP contribution in [-0.4, -0.2) is 30.1 Å². The zero-order valence-corrected chi connectivity index (χ0v) is 13.1. The zero-order chi connectivity index (χ0) is 15.8. The van der Waals surface area contributed by atoms with Crippen LogP contribution in [0.15, 0.2) is 27.9 Å². The third kappa shape index (κ3) is 3.02. The fourth-order valence-corrected chi connectivity index (χ4v) is 3.23. The van der Waals surface area contributed by atoms with Gasteiger partial charge in [-0.05, 0) is 31.5 Å². The van der Waals surface area contributed by atoms with E-state index in [0.717, 1.165) is 0 Å². The van der Waals surface area contributed by atoms with E-state index in [1.54, 1.807) is 20.2 Å². The number of imidazole rings is 1. The van der Waals surface area contributed by atoms with Crippen LogP contribution >= 0.6 is 0 Å². The topological polar surface area (TPSA) is 99.1 Å². The van der Waals surface area contributed by atoms with Gasteiger partial charge in [0, 0.05) is 26.7 Å². The van der Waals surface area contributed by atoms with Crippen LogP contribution in [0.3, 0.4) is 0 Å². The summed E-state index contributed by atoms with van der Waals surface area (Å²) in [6, 6.07) is 4.57. The van der Waals surface area contributed by atoms with Crippen molar-refractivity contribution in [2.24, 2.45) is 19.8 Å². The molecule has 3 N–H and O–H groups in total. The van der Waals surface area contributed by atoms with Gasteiger partial charge >= 0.3 is 5.69 Å². The lowest BCUT2D eigenvalue weighted by atomic mass is 10.3. The Balaban J connectivity index is 2.39. The first kappa shape index (κ1) is 15.7. The number of nitrogens with one attached hydrogen (secondary N) is 1. The molecule has 8 heteroatoms. The van der Waals surface area contributed by atoms with Crippen molar-refractivity contribution in [2.75, 3.05) is 6.54 Å². The first-order chi connectivity index (χ1) is 9.74. The van der Waals surface area contributed by atoms with E-state index in [9.17, 15) is 13.2 Å². The lowest BCUT2D eigenvalue weighted by Crippen LogP contribution is -2.29. The molecule has 0 spiro atoms. The summed E-state index contributed by atoms with van der Waals surface area (Å²) in [5.74, 6) is 0. The lowest BCUT2D eigenvalue weighted by Gasteiger charge is -2.08. The van der Waals surface area contributed by atoms with Crippen molar-refractivity contribution in [3.8, 4) is 0 Å². The average Bonchev–Trinajstić information content (AvgIpc) is 2.63. The van der Waals surface area contributed by atoms with Crippen LogP contribution < -0.4 is 16.1 Å². The molecule has 1 atom stereocenters. The highest BCUT2D eigenvalue weighted by Crippen LogP contribution is 2.17. The molecule has 2 rings (SSSR count). The standard InChI is InChI=1S/C13H20N4O3S/c1-9(14)6-7-15-21(19,20)10-4-5-11-12(8-10)17(3)13(18)16(11)2/h4-5,8-9,15H,6-7,14H2,1-3H3. The van der Waals surface area contributed by atoms with E-state index in [1.807, 2.05) is 6.92 Å². The SMILES string of the molecule is CC(N)CCNS(=O)(=O)c1ccc2c(c1)n(C)c(=O)n2C. The van der Waals surface area contributed by atoms with Crippen molar-refractivity contribution in [1.29, 1.82) is 0 Å². The number of nitrogens with two attached hydrogens (primary N) is 1. The third-order valence-corrected chi connectivity index (χ3v) is 4.90. The molecule has 1 heterocycles. The Labute approximate surface area is 123 Å². The molecule has 0 aliphatic carbocycles. The van der Waals surface area contributed by atoms with E-state index in [-0.39, 0.29) is 23.2 Å². The highest BCUT2D eigenvalue weighted by Gasteiger charge is 2.16. The summed E-state index contributed by atoms with van der Waals surface area (Å²) in [6.45, 7) is 2.10. The molecule has 7 nitrogen and oxygen atoms in total. The van der Waals surface area contributed by atoms with Crippen LogP contribution in [0.25, 0.3) is 11.0 Å². The molecule has 1 aromatic carbocycles. The predicted octanol–water partition coefficient (Wildman–Crippen LogP) is -0.107. The maximum Gasteiger partial charge on any atom is 0.328 e. The molecule has 0 aliphatic rings. The van der Waals surface area contributed by atoms with E-state index in [0.29, 0.717) is 17.5 Å². The molecule has 0 amide bonds. The molecule has 21 heavy (non-hydrogen) atoms. The summed E-state index contributed by atoms with van der Waals surface area (Å²) in [7, 11) is -0.330. The second kappa shape index (κ2) is 5.63. The van der Waals surface area contributed by atoms with Gasteiger partial charge in [0.1, 0.15) is 0 Å². The number of aryl methyl sites for hydroxylation is 2. The molecule has 0 bridgehead atoms. The fourth-order valence-electron chi connectivity index (χ4n) is 2.16. The van der Waals surface area contributed by atoms with E-state index >= 15 is 0 Å². The molecule has 0 radical (unpaired) electrons. The summed E-state index contributed by atoms with van der Waals surface area (Å²) in [5.41, 5.74) is 6.68. The minimum Gasteiger partial charge on any atom is -0.328 e. The van der Waals surface area contributed by atoms with Crippen LogP contribution in [-0.2, 0) is 24.1 Å². The van der Waals surface area contributed by atoms with Crippen molar-refractivity contribution in [2.45, 2.75) is 24.3 Å². The van der Waals surface area contributed by atoms with Crippen molar-refractivity contribution in [3.63, 3.8) is 0 Å². The fraction of sp³-hybridized carbons (Fsp3) is 0.462. The molecule has 0 saturated heterocycles. The number of fused-ring (bicyclic) bond motifs is 1. The number of hydrogen-bond donors (Lipinski definition) is 2. The van der Waals surface area contributed by atoms with Gasteiger partial charge in [0.25, 0.3) is 0 Å². The van der Waals surface area contributed by atoms with Crippen LogP contribution in [0.1, 0.15) is 13.3 Å². The summed E-state index contributed by atoms with van der Waals surface area (Å²) in [5, 5.41) is 0. The van der Waals surface area contributed by atoms with Gasteiger partial charge in [-0.25, -0.2) is 17.9 Å². The molecule has 1 unspecified atom stereocenters. The molecule has 1 aromatic heterocycles. The second-order valence-corrected chi connectivity index (χ2v) is 6.98. The van der Waals surface area contributed by atoms with Gasteiger partial charge in [-0.1, -0.05) is 0 Å². The average molecular weight is 312 g/mol. The number of hydrogen-bond acceptors (Lipinski definition) is 4. The zero-order valence-electron chi connectivity index (χ0n) is 12.3. The molecule has 2 aromatic rings. The molecule has 0 fully saturated rings. The maximum atomic E-state index is 12.2. The van der Waals surface area contributed by atoms with Gasteiger partial charge in [-0.15, -0.1) is 0 Å². The lowest BCUT2D eigenvalue weighted by molar-refractivity contribution is 0.572. The second-order valence-electron chi connectivity index (χ2n) is 5.21. The van der Waals surface area contributed by atoms with Gasteiger partial charge < -0.3 is 5.73 Å². The van der Waals surface area contributed by atoms with Crippen molar-refractivity contribution < 1.29 is 8.42 Å². The normalized spacial score (nSPS) is 13.7. The van der Waals surface area contributed by atoms with E-state index < -0.39 is 10.0 Å². The number of benzene rings is 1. The van der Waals surface area contributed by atoms with Gasteiger partial charge in [0.15, 0.2) is 0 Å². The van der Waals surface area contributed by atoms with Crippen LogP contribution in [0, 0.1) is 0 Å². The maximum absolute atomic E-state index is 12.2. The van der Waals surface area contributed by atoms with Gasteiger partial charge in [-0.3, -0.25) is 9.13 Å². The summed E-state index contributed by atoms with van der Waals surface area (Å²) in [6.07, 6.45) is 0.561.